The van der Waals surface area contributed by atoms with Gasteiger partial charge in [0.15, 0.2) is 11.5 Å². The molecule has 0 radical (unpaired) electrons. The Morgan fingerprint density at radius 3 is 2.17 bits per heavy atom. The number of methoxy groups -OCH3 is 1. The van der Waals surface area contributed by atoms with E-state index in [1.165, 1.54) is 0 Å². The molecule has 0 aliphatic heterocycles. The van der Waals surface area contributed by atoms with Crippen LogP contribution in [-0.2, 0) is 11.4 Å². The van der Waals surface area contributed by atoms with Crippen molar-refractivity contribution in [1.82, 2.24) is 5.43 Å². The summed E-state index contributed by atoms with van der Waals surface area (Å²) in [5.41, 5.74) is 6.34. The molecule has 4 rings (SSSR count). The van der Waals surface area contributed by atoms with Crippen molar-refractivity contribution in [2.45, 2.75) is 12.5 Å². The second kappa shape index (κ2) is 12.7. The van der Waals surface area contributed by atoms with E-state index in [2.05, 4.69) is 49.0 Å². The quantitative estimate of drug-likeness (QED) is 0.121. The zero-order chi connectivity index (χ0) is 25.3. The molecule has 182 valence electrons. The van der Waals surface area contributed by atoms with Gasteiger partial charge in [0.1, 0.15) is 6.61 Å². The minimum Gasteiger partial charge on any atom is -0.493 e. The van der Waals surface area contributed by atoms with Gasteiger partial charge in [0.05, 0.1) is 22.8 Å². The summed E-state index contributed by atoms with van der Waals surface area (Å²) in [6.07, 6.45) is 1.61. The van der Waals surface area contributed by atoms with Crippen LogP contribution in [0.15, 0.2) is 107 Å². The molecule has 4 aromatic carbocycles. The Labute approximate surface area is 232 Å². The highest BCUT2D eigenvalue weighted by Crippen LogP contribution is 2.34. The number of hydrogen-bond donors (Lipinski definition) is 1. The van der Waals surface area contributed by atoms with Crippen molar-refractivity contribution >= 4 is 50.6 Å². The van der Waals surface area contributed by atoms with Gasteiger partial charge in [0, 0.05) is 4.47 Å². The highest BCUT2D eigenvalue weighted by atomic mass is 127. The molecule has 0 spiro atoms. The summed E-state index contributed by atoms with van der Waals surface area (Å²) in [6, 6.07) is 31.1. The lowest BCUT2D eigenvalue weighted by Crippen LogP contribution is -2.26. The molecule has 5 nitrogen and oxygen atoms in total. The summed E-state index contributed by atoms with van der Waals surface area (Å²) in [5.74, 6) is 0.585. The molecule has 36 heavy (non-hydrogen) atoms. The van der Waals surface area contributed by atoms with Gasteiger partial charge in [-0.2, -0.15) is 5.10 Å². The average Bonchev–Trinajstić information content (AvgIpc) is 2.90. The summed E-state index contributed by atoms with van der Waals surface area (Å²) < 4.78 is 13.5. The van der Waals surface area contributed by atoms with E-state index >= 15 is 0 Å². The molecule has 0 aromatic heterocycles. The fourth-order valence-electron chi connectivity index (χ4n) is 3.71. The van der Waals surface area contributed by atoms with Crippen molar-refractivity contribution in [2.75, 3.05) is 7.11 Å². The predicted molar refractivity (Wildman–Crippen MR) is 155 cm³/mol. The molecule has 1 N–H and O–H groups in total. The summed E-state index contributed by atoms with van der Waals surface area (Å²) >= 11 is 5.66. The first-order valence-corrected chi connectivity index (χ1v) is 13.1. The smallest absolute Gasteiger partial charge is 0.252 e. The van der Waals surface area contributed by atoms with Gasteiger partial charge >= 0.3 is 0 Å². The molecule has 0 aliphatic carbocycles. The third-order valence-corrected chi connectivity index (χ3v) is 6.79. The zero-order valence-electron chi connectivity index (χ0n) is 19.5. The number of rotatable bonds is 9. The molecule has 0 aliphatic rings. The molecule has 7 heteroatoms. The van der Waals surface area contributed by atoms with E-state index in [1.54, 1.807) is 13.3 Å². The van der Waals surface area contributed by atoms with E-state index in [9.17, 15) is 4.79 Å². The van der Waals surface area contributed by atoms with Crippen LogP contribution in [0.4, 0.5) is 0 Å². The number of nitrogens with zero attached hydrogens (tertiary/aromatic N) is 1. The average molecular weight is 655 g/mol. The van der Waals surface area contributed by atoms with Crippen molar-refractivity contribution in [2.24, 2.45) is 5.10 Å². The predicted octanol–water partition coefficient (Wildman–Crippen LogP) is 6.92. The Morgan fingerprint density at radius 1 is 0.972 bits per heavy atom. The molecule has 0 unspecified atom stereocenters. The monoisotopic (exact) mass is 654 g/mol. The third kappa shape index (κ3) is 6.73. The minimum atomic E-state index is -0.464. The summed E-state index contributed by atoms with van der Waals surface area (Å²) in [7, 11) is 1.60. The first-order chi connectivity index (χ1) is 17.5. The van der Waals surface area contributed by atoms with Crippen LogP contribution >= 0.6 is 38.5 Å². The lowest BCUT2D eigenvalue weighted by molar-refractivity contribution is -0.121. The Hall–Kier alpha value is -3.17. The van der Waals surface area contributed by atoms with Crippen molar-refractivity contribution in [1.29, 1.82) is 0 Å². The third-order valence-electron chi connectivity index (χ3n) is 5.46. The summed E-state index contributed by atoms with van der Waals surface area (Å²) in [5, 5.41) is 4.23. The zero-order valence-corrected chi connectivity index (χ0v) is 23.3. The van der Waals surface area contributed by atoms with Gasteiger partial charge in [-0.1, -0.05) is 88.7 Å². The highest BCUT2D eigenvalue weighted by Gasteiger charge is 2.22. The van der Waals surface area contributed by atoms with Gasteiger partial charge in [-0.15, -0.1) is 0 Å². The molecular formula is C29H24BrIN2O3. The molecule has 0 saturated carbocycles. The van der Waals surface area contributed by atoms with Crippen molar-refractivity contribution < 1.29 is 14.3 Å². The number of carbonyl (C=O) groups excluding carboxylic acids is 1. The summed E-state index contributed by atoms with van der Waals surface area (Å²) in [4.78, 5) is 13.1. The Morgan fingerprint density at radius 2 is 1.58 bits per heavy atom. The second-order valence-corrected chi connectivity index (χ2v) is 10.0. The molecule has 0 bridgehead atoms. The molecule has 4 aromatic rings. The SMILES string of the molecule is COc1cc(/C=N/NC(=O)C(c2ccccc2)c2ccccc2)cc(I)c1OCc1ccc(Br)cc1. The Balaban J connectivity index is 1.48. The normalized spacial score (nSPS) is 11.0. The van der Waals surface area contributed by atoms with Gasteiger partial charge < -0.3 is 9.47 Å². The van der Waals surface area contributed by atoms with E-state index in [-0.39, 0.29) is 5.91 Å². The number of hydrazone groups is 1. The number of carbonyl (C=O) groups is 1. The maximum absolute atomic E-state index is 13.1. The maximum atomic E-state index is 13.1. The first kappa shape index (κ1) is 25.9. The van der Waals surface area contributed by atoms with E-state index in [0.717, 1.165) is 30.3 Å². The number of nitrogens with one attached hydrogen (secondary N) is 1. The van der Waals surface area contributed by atoms with Gasteiger partial charge in [-0.3, -0.25) is 4.79 Å². The standard InChI is InChI=1S/C29H24BrIN2O3/c1-35-26-17-21(16-25(31)28(26)36-19-20-12-14-24(30)15-13-20)18-32-33-29(34)27(22-8-4-2-5-9-22)23-10-6-3-7-11-23/h2-18,27H,19H2,1H3,(H,33,34)/b32-18+. The van der Waals surface area contributed by atoms with E-state index in [1.807, 2.05) is 97.1 Å². The van der Waals surface area contributed by atoms with Crippen LogP contribution in [0.3, 0.4) is 0 Å². The van der Waals surface area contributed by atoms with Crippen LogP contribution < -0.4 is 14.9 Å². The molecular weight excluding hydrogens is 631 g/mol. The highest BCUT2D eigenvalue weighted by molar-refractivity contribution is 14.1. The fraction of sp³-hybridized carbons (Fsp3) is 0.103. The minimum absolute atomic E-state index is 0.209. The van der Waals surface area contributed by atoms with E-state index in [0.29, 0.717) is 18.1 Å². The molecule has 0 heterocycles. The van der Waals surface area contributed by atoms with Crippen LogP contribution in [0, 0.1) is 3.57 Å². The molecule has 0 atom stereocenters. The van der Waals surface area contributed by atoms with Crippen LogP contribution in [0.2, 0.25) is 0 Å². The van der Waals surface area contributed by atoms with E-state index in [4.69, 9.17) is 9.47 Å². The number of benzene rings is 4. The Kier molecular flexibility index (Phi) is 9.13. The molecule has 0 saturated heterocycles. The van der Waals surface area contributed by atoms with E-state index < -0.39 is 5.92 Å². The second-order valence-electron chi connectivity index (χ2n) is 7.94. The summed E-state index contributed by atoms with van der Waals surface area (Å²) in [6.45, 7) is 0.420. The van der Waals surface area contributed by atoms with Crippen LogP contribution in [-0.4, -0.2) is 19.2 Å². The topological polar surface area (TPSA) is 59.9 Å². The largest absolute Gasteiger partial charge is 0.493 e. The fourth-order valence-corrected chi connectivity index (χ4v) is 4.76. The van der Waals surface area contributed by atoms with Gasteiger partial charge in [0.25, 0.3) is 5.91 Å². The van der Waals surface area contributed by atoms with Crippen LogP contribution in [0.5, 0.6) is 11.5 Å². The molecule has 0 fully saturated rings. The Bertz CT molecular complexity index is 1290. The van der Waals surface area contributed by atoms with Gasteiger partial charge in [-0.25, -0.2) is 5.43 Å². The van der Waals surface area contributed by atoms with Crippen molar-refractivity contribution in [3.8, 4) is 11.5 Å². The van der Waals surface area contributed by atoms with Gasteiger partial charge in [0.2, 0.25) is 0 Å². The van der Waals surface area contributed by atoms with Crippen molar-refractivity contribution in [3.63, 3.8) is 0 Å². The van der Waals surface area contributed by atoms with Crippen molar-refractivity contribution in [3.05, 3.63) is 127 Å². The maximum Gasteiger partial charge on any atom is 0.252 e. The number of hydrogen-bond acceptors (Lipinski definition) is 4. The van der Waals surface area contributed by atoms with Crippen LogP contribution in [0.25, 0.3) is 0 Å². The lowest BCUT2D eigenvalue weighted by Gasteiger charge is -2.16. The van der Waals surface area contributed by atoms with Crippen LogP contribution in [0.1, 0.15) is 28.2 Å². The number of ether oxygens (including phenoxy) is 2. The number of halogens is 2. The molecule has 1 amide bonds. The number of amides is 1. The first-order valence-electron chi connectivity index (χ1n) is 11.2. The lowest BCUT2D eigenvalue weighted by atomic mass is 9.91. The van der Waals surface area contributed by atoms with Gasteiger partial charge in [-0.05, 0) is 69.1 Å².